The van der Waals surface area contributed by atoms with Crippen LogP contribution in [0.4, 0.5) is 0 Å². The minimum absolute atomic E-state index is 0.0439. The molecule has 11 heteroatoms. The van der Waals surface area contributed by atoms with Crippen molar-refractivity contribution in [3.8, 4) is 0 Å². The molecule has 3 rings (SSSR count). The third-order valence-corrected chi connectivity index (χ3v) is 8.16. The summed E-state index contributed by atoms with van der Waals surface area (Å²) in [6, 6.07) is 15.1. The molecule has 1 fully saturated rings. The Morgan fingerprint density at radius 3 is 2.00 bits per heavy atom. The number of nitrogens with two attached hydrogens (primary N) is 1. The molecule has 11 nitrogen and oxygen atoms in total. The summed E-state index contributed by atoms with van der Waals surface area (Å²) in [5.41, 5.74) is 7.90. The molecule has 0 saturated carbocycles. The molecule has 1 heterocycles. The number of amides is 3. The monoisotopic (exact) mass is 622 g/mol. The zero-order valence-corrected chi connectivity index (χ0v) is 26.1. The van der Waals surface area contributed by atoms with Gasteiger partial charge in [0, 0.05) is 24.9 Å². The van der Waals surface area contributed by atoms with E-state index in [2.05, 4.69) is 10.6 Å². The van der Waals surface area contributed by atoms with E-state index < -0.39 is 48.3 Å². The van der Waals surface area contributed by atoms with E-state index in [4.69, 9.17) is 10.8 Å². The van der Waals surface area contributed by atoms with Gasteiger partial charge in [-0.2, -0.15) is 0 Å². The number of nitrogens with one attached hydrogen (secondary N) is 2. The predicted octanol–water partition coefficient (Wildman–Crippen LogP) is 2.76. The van der Waals surface area contributed by atoms with Gasteiger partial charge in [0.1, 0.15) is 12.1 Å². The quantitative estimate of drug-likeness (QED) is 0.179. The summed E-state index contributed by atoms with van der Waals surface area (Å²) in [6.07, 6.45) is 2.98. The second-order valence-corrected chi connectivity index (χ2v) is 12.3. The van der Waals surface area contributed by atoms with Gasteiger partial charge in [-0.15, -0.1) is 0 Å². The van der Waals surface area contributed by atoms with Crippen LogP contribution in [0.3, 0.4) is 0 Å². The van der Waals surface area contributed by atoms with E-state index in [1.54, 1.807) is 24.3 Å². The van der Waals surface area contributed by atoms with Crippen LogP contribution < -0.4 is 16.4 Å². The second kappa shape index (κ2) is 17.3. The molecule has 3 amide bonds. The van der Waals surface area contributed by atoms with Crippen molar-refractivity contribution < 1.29 is 34.2 Å². The van der Waals surface area contributed by atoms with E-state index in [9.17, 15) is 29.1 Å². The highest BCUT2D eigenvalue weighted by molar-refractivity contribution is 5.92. The summed E-state index contributed by atoms with van der Waals surface area (Å²) in [5, 5.41) is 23.8. The maximum atomic E-state index is 13.9. The van der Waals surface area contributed by atoms with Crippen LogP contribution in [-0.4, -0.2) is 75.5 Å². The van der Waals surface area contributed by atoms with Crippen LogP contribution in [0.25, 0.3) is 0 Å². The van der Waals surface area contributed by atoms with Gasteiger partial charge in [0.2, 0.25) is 17.7 Å². The molecule has 45 heavy (non-hydrogen) atoms. The maximum Gasteiger partial charge on any atom is 0.326 e. The Kier molecular flexibility index (Phi) is 13.5. The summed E-state index contributed by atoms with van der Waals surface area (Å²) in [6.45, 7) is 4.69. The Labute approximate surface area is 264 Å². The first-order chi connectivity index (χ1) is 21.4. The molecule has 1 aliphatic heterocycles. The number of carboxylic acid groups (broad SMARTS) is 2. The minimum atomic E-state index is -1.65. The van der Waals surface area contributed by atoms with Crippen molar-refractivity contribution >= 4 is 29.7 Å². The topological polar surface area (TPSA) is 179 Å². The molecule has 2 aromatic carbocycles. The summed E-state index contributed by atoms with van der Waals surface area (Å²) in [4.78, 5) is 65.1. The van der Waals surface area contributed by atoms with Crippen molar-refractivity contribution in [3.63, 3.8) is 0 Å². The molecule has 244 valence electrons. The number of aliphatic carboxylic acids is 2. The lowest BCUT2D eigenvalue weighted by molar-refractivity contribution is -0.147. The third-order valence-electron chi connectivity index (χ3n) is 8.16. The number of benzene rings is 2. The first-order valence-corrected chi connectivity index (χ1v) is 15.6. The molecule has 0 bridgehead atoms. The first kappa shape index (κ1) is 35.2. The molecular formula is C34H46N4O7. The van der Waals surface area contributed by atoms with Gasteiger partial charge in [0.05, 0.1) is 12.5 Å². The number of carbonyl (C=O) groups is 5. The average Bonchev–Trinajstić information content (AvgIpc) is 3.47. The molecule has 5 atom stereocenters. The zero-order valence-electron chi connectivity index (χ0n) is 26.1. The highest BCUT2D eigenvalue weighted by atomic mass is 16.4. The third kappa shape index (κ3) is 11.3. The fourth-order valence-corrected chi connectivity index (χ4v) is 5.86. The van der Waals surface area contributed by atoms with Crippen molar-refractivity contribution in [1.82, 2.24) is 15.5 Å². The Bertz CT molecular complexity index is 1290. The number of carboxylic acids is 2. The lowest BCUT2D eigenvalue weighted by Gasteiger charge is -2.29. The average molecular weight is 623 g/mol. The predicted molar refractivity (Wildman–Crippen MR) is 169 cm³/mol. The number of likely N-dealkylation sites (tertiary alicyclic amines) is 1. The minimum Gasteiger partial charge on any atom is -0.481 e. The van der Waals surface area contributed by atoms with E-state index in [-0.39, 0.29) is 24.3 Å². The van der Waals surface area contributed by atoms with Crippen molar-refractivity contribution in [2.24, 2.45) is 17.6 Å². The number of rotatable bonds is 17. The molecule has 1 saturated heterocycles. The van der Waals surface area contributed by atoms with Gasteiger partial charge in [-0.3, -0.25) is 19.2 Å². The Morgan fingerprint density at radius 1 is 0.867 bits per heavy atom. The van der Waals surface area contributed by atoms with E-state index in [1.807, 2.05) is 55.1 Å². The van der Waals surface area contributed by atoms with Crippen LogP contribution in [0.2, 0.25) is 0 Å². The molecule has 0 aromatic heterocycles. The van der Waals surface area contributed by atoms with E-state index in [0.29, 0.717) is 38.1 Å². The number of carbonyl (C=O) groups excluding carboxylic acids is 3. The van der Waals surface area contributed by atoms with E-state index in [1.165, 1.54) is 0 Å². The van der Waals surface area contributed by atoms with E-state index >= 15 is 0 Å². The zero-order chi connectivity index (χ0) is 32.9. The summed E-state index contributed by atoms with van der Waals surface area (Å²) in [7, 11) is 0. The van der Waals surface area contributed by atoms with Crippen molar-refractivity contribution in [1.29, 1.82) is 0 Å². The van der Waals surface area contributed by atoms with Crippen LogP contribution in [-0.2, 0) is 36.8 Å². The van der Waals surface area contributed by atoms with Crippen LogP contribution in [0.1, 0.15) is 63.5 Å². The summed E-state index contributed by atoms with van der Waals surface area (Å²) in [5.74, 6) is -4.35. The molecule has 0 radical (unpaired) electrons. The molecule has 6 N–H and O–H groups in total. The van der Waals surface area contributed by atoms with Gasteiger partial charge in [0.15, 0.2) is 0 Å². The summed E-state index contributed by atoms with van der Waals surface area (Å²) < 4.78 is 0. The Balaban J connectivity index is 1.80. The lowest BCUT2D eigenvalue weighted by Crippen LogP contribution is -2.54. The van der Waals surface area contributed by atoms with Crippen LogP contribution in [0.5, 0.6) is 0 Å². The smallest absolute Gasteiger partial charge is 0.326 e. The largest absolute Gasteiger partial charge is 0.481 e. The normalized spacial score (nSPS) is 17.2. The van der Waals surface area contributed by atoms with Gasteiger partial charge in [-0.25, -0.2) is 4.79 Å². The van der Waals surface area contributed by atoms with Gasteiger partial charge in [-0.1, -0.05) is 74.5 Å². The van der Waals surface area contributed by atoms with Gasteiger partial charge in [-0.05, 0) is 55.6 Å². The fourth-order valence-electron chi connectivity index (χ4n) is 5.86. The number of hydrogen-bond acceptors (Lipinski definition) is 6. The fraction of sp³-hybridized carbons (Fsp3) is 0.500. The van der Waals surface area contributed by atoms with Gasteiger partial charge in [0.25, 0.3) is 0 Å². The first-order valence-electron chi connectivity index (χ1n) is 15.6. The second-order valence-electron chi connectivity index (χ2n) is 12.3. The highest BCUT2D eigenvalue weighted by Crippen LogP contribution is 2.26. The highest BCUT2D eigenvalue weighted by Gasteiger charge is 2.34. The standard InChI is InChI=1S/C34H46N4O7/c1-22(2)18-27(35)33(43)38-17-9-14-26(38)16-15-25(19-23-10-5-3-6-11-23)31(41)36-28(20-24-12-7-4-8-13-24)32(42)37-29(34(44)45)21-30(39)40/h3-8,10-13,22,25-29H,9,14-21,35H2,1-2H3,(H,36,41)(H,37,42)(H,39,40)(H,44,45)/t25-,26-,27+,28+,29+/m0/s1. The number of hydrogen-bond donors (Lipinski definition) is 5. The van der Waals surface area contributed by atoms with Crippen molar-refractivity contribution in [2.45, 2.75) is 89.4 Å². The molecule has 2 aromatic rings. The Hall–Kier alpha value is -4.25. The molecule has 0 aliphatic carbocycles. The summed E-state index contributed by atoms with van der Waals surface area (Å²) >= 11 is 0. The number of nitrogens with zero attached hydrogens (tertiary/aromatic N) is 1. The SMILES string of the molecule is CC(C)C[C@@H](N)C(=O)N1CCC[C@H]1CC[C@@H](Cc1ccccc1)C(=O)N[C@H](Cc1ccccc1)C(=O)N[C@H](CC(=O)O)C(=O)O. The van der Waals surface area contributed by atoms with Gasteiger partial charge >= 0.3 is 11.9 Å². The van der Waals surface area contributed by atoms with Crippen LogP contribution >= 0.6 is 0 Å². The van der Waals surface area contributed by atoms with Crippen LogP contribution in [0.15, 0.2) is 60.7 Å². The molecule has 0 spiro atoms. The molecule has 0 unspecified atom stereocenters. The van der Waals surface area contributed by atoms with Crippen molar-refractivity contribution in [2.75, 3.05) is 6.54 Å². The van der Waals surface area contributed by atoms with Crippen LogP contribution in [0, 0.1) is 11.8 Å². The van der Waals surface area contributed by atoms with Crippen molar-refractivity contribution in [3.05, 3.63) is 71.8 Å². The molecule has 1 aliphatic rings. The molecular weight excluding hydrogens is 576 g/mol. The van der Waals surface area contributed by atoms with E-state index in [0.717, 1.165) is 24.0 Å². The lowest BCUT2D eigenvalue weighted by atomic mass is 9.90. The maximum absolute atomic E-state index is 13.9. The Morgan fingerprint density at radius 2 is 1.44 bits per heavy atom. The van der Waals surface area contributed by atoms with Gasteiger partial charge < -0.3 is 31.5 Å².